The summed E-state index contributed by atoms with van der Waals surface area (Å²) in [5.41, 5.74) is 2.59. The molecule has 0 aliphatic rings. The number of nitrogens with zero attached hydrogens (tertiary/aromatic N) is 3. The Morgan fingerprint density at radius 3 is 2.38 bits per heavy atom. The summed E-state index contributed by atoms with van der Waals surface area (Å²) in [6.07, 6.45) is 3.74. The van der Waals surface area contributed by atoms with Gasteiger partial charge in [0.15, 0.2) is 5.16 Å². The highest BCUT2D eigenvalue weighted by molar-refractivity contribution is 14.1. The van der Waals surface area contributed by atoms with E-state index in [1.54, 1.807) is 11.8 Å². The molecular weight excluding hydrogens is 521 g/mol. The van der Waals surface area contributed by atoms with Crippen LogP contribution in [0, 0.1) is 3.57 Å². The van der Waals surface area contributed by atoms with Gasteiger partial charge in [0.05, 0.1) is 0 Å². The van der Waals surface area contributed by atoms with Crippen LogP contribution in [0.15, 0.2) is 70.8 Å². The highest BCUT2D eigenvalue weighted by Crippen LogP contribution is 2.23. The van der Waals surface area contributed by atoms with E-state index in [9.17, 15) is 0 Å². The average molecular weight is 540 g/mol. The summed E-state index contributed by atoms with van der Waals surface area (Å²) < 4.78 is 4.52. The summed E-state index contributed by atoms with van der Waals surface area (Å²) in [6.45, 7) is 4.62. The van der Waals surface area contributed by atoms with E-state index in [-0.39, 0.29) is 0 Å². The fourth-order valence-corrected chi connectivity index (χ4v) is 4.11. The molecular formula is C20H19BrIN3S. The Labute approximate surface area is 180 Å². The molecule has 0 bridgehead atoms. The number of thioether (sulfide) groups is 1. The number of hydrogen-bond donors (Lipinski definition) is 0. The van der Waals surface area contributed by atoms with Crippen molar-refractivity contribution in [3.05, 3.63) is 86.2 Å². The fourth-order valence-electron chi connectivity index (χ4n) is 2.56. The van der Waals surface area contributed by atoms with E-state index in [1.807, 2.05) is 6.08 Å². The van der Waals surface area contributed by atoms with E-state index in [1.165, 1.54) is 14.7 Å². The Balaban J connectivity index is 1.67. The third-order valence-corrected chi connectivity index (χ3v) is 6.22. The van der Waals surface area contributed by atoms with Crippen LogP contribution in [0.4, 0.5) is 0 Å². The predicted octanol–water partition coefficient (Wildman–Crippen LogP) is 5.91. The van der Waals surface area contributed by atoms with E-state index in [0.717, 1.165) is 40.6 Å². The predicted molar refractivity (Wildman–Crippen MR) is 120 cm³/mol. The first-order chi connectivity index (χ1) is 12.7. The van der Waals surface area contributed by atoms with Gasteiger partial charge in [0.2, 0.25) is 0 Å². The Morgan fingerprint density at radius 2 is 1.69 bits per heavy atom. The molecule has 6 heteroatoms. The summed E-state index contributed by atoms with van der Waals surface area (Å²) in [5.74, 6) is 1.89. The van der Waals surface area contributed by atoms with Crippen LogP contribution in [-0.4, -0.2) is 14.8 Å². The molecule has 3 aromatic rings. The summed E-state index contributed by atoms with van der Waals surface area (Å²) in [7, 11) is 0. The minimum atomic E-state index is 0.734. The molecule has 2 aromatic carbocycles. The van der Waals surface area contributed by atoms with Gasteiger partial charge in [-0.3, -0.25) is 0 Å². The number of allylic oxidation sites excluding steroid dienone is 1. The van der Waals surface area contributed by atoms with Crippen LogP contribution in [0.1, 0.15) is 17.0 Å². The van der Waals surface area contributed by atoms with E-state index in [2.05, 4.69) is 108 Å². The third kappa shape index (κ3) is 5.44. The molecule has 26 heavy (non-hydrogen) atoms. The lowest BCUT2D eigenvalue weighted by Crippen LogP contribution is -2.05. The number of halogens is 2. The molecule has 0 aliphatic heterocycles. The van der Waals surface area contributed by atoms with Crippen molar-refractivity contribution in [3.8, 4) is 0 Å². The molecule has 1 aromatic heterocycles. The largest absolute Gasteiger partial charge is 0.302 e. The van der Waals surface area contributed by atoms with Crippen molar-refractivity contribution in [3.63, 3.8) is 0 Å². The van der Waals surface area contributed by atoms with Gasteiger partial charge in [0.1, 0.15) is 5.82 Å². The molecule has 0 unspecified atom stereocenters. The van der Waals surface area contributed by atoms with Crippen LogP contribution in [0.25, 0.3) is 0 Å². The lowest BCUT2D eigenvalue weighted by atomic mass is 10.1. The highest BCUT2D eigenvalue weighted by Gasteiger charge is 2.12. The van der Waals surface area contributed by atoms with Crippen LogP contribution in [0.3, 0.4) is 0 Å². The Morgan fingerprint density at radius 1 is 1.00 bits per heavy atom. The Hall–Kier alpha value is -1.12. The van der Waals surface area contributed by atoms with E-state index < -0.39 is 0 Å². The van der Waals surface area contributed by atoms with Crippen molar-refractivity contribution in [1.82, 2.24) is 14.8 Å². The molecule has 0 spiro atoms. The molecule has 3 rings (SSSR count). The number of hydrogen-bond acceptors (Lipinski definition) is 3. The standard InChI is InChI=1S/C20H19BrIN3S/c1-2-13-25-19(12-7-15-5-10-18(22)11-6-15)23-24-20(25)26-14-16-3-8-17(21)9-4-16/h2-6,8-11H,1,7,12-14H2. The summed E-state index contributed by atoms with van der Waals surface area (Å²) >= 11 is 7.52. The van der Waals surface area contributed by atoms with Crippen LogP contribution in [-0.2, 0) is 25.1 Å². The number of rotatable bonds is 8. The zero-order chi connectivity index (χ0) is 18.4. The maximum atomic E-state index is 4.43. The fraction of sp³-hybridized carbons (Fsp3) is 0.200. The quantitative estimate of drug-likeness (QED) is 0.202. The molecule has 134 valence electrons. The second kappa shape index (κ2) is 9.71. The van der Waals surface area contributed by atoms with Gasteiger partial charge in [-0.1, -0.05) is 58.0 Å². The molecule has 0 amide bonds. The number of benzene rings is 2. The van der Waals surface area contributed by atoms with Crippen molar-refractivity contribution in [2.75, 3.05) is 0 Å². The first kappa shape index (κ1) is 19.6. The second-order valence-corrected chi connectivity index (χ2v) is 8.94. The van der Waals surface area contributed by atoms with Crippen LogP contribution >= 0.6 is 50.3 Å². The van der Waals surface area contributed by atoms with Gasteiger partial charge in [0, 0.05) is 26.8 Å². The number of aromatic nitrogens is 3. The zero-order valence-corrected chi connectivity index (χ0v) is 18.8. The maximum absolute atomic E-state index is 4.43. The van der Waals surface area contributed by atoms with Crippen LogP contribution in [0.2, 0.25) is 0 Å². The van der Waals surface area contributed by atoms with Gasteiger partial charge in [0.25, 0.3) is 0 Å². The summed E-state index contributed by atoms with van der Waals surface area (Å²) in [6, 6.07) is 17.0. The Bertz CT molecular complexity index is 793. The molecule has 0 radical (unpaired) electrons. The van der Waals surface area contributed by atoms with Gasteiger partial charge in [-0.2, -0.15) is 0 Å². The van der Waals surface area contributed by atoms with Gasteiger partial charge in [-0.05, 0) is 64.4 Å². The van der Waals surface area contributed by atoms with E-state index >= 15 is 0 Å². The first-order valence-electron chi connectivity index (χ1n) is 8.30. The van der Waals surface area contributed by atoms with E-state index in [0.29, 0.717) is 0 Å². The smallest absolute Gasteiger partial charge is 0.191 e. The molecule has 0 atom stereocenters. The third-order valence-electron chi connectivity index (χ3n) is 3.94. The molecule has 0 saturated heterocycles. The van der Waals surface area contributed by atoms with Crippen molar-refractivity contribution < 1.29 is 0 Å². The normalized spacial score (nSPS) is 10.8. The second-order valence-electron chi connectivity index (χ2n) is 5.84. The van der Waals surface area contributed by atoms with Crippen molar-refractivity contribution in [1.29, 1.82) is 0 Å². The lowest BCUT2D eigenvalue weighted by Gasteiger charge is -2.08. The number of aryl methyl sites for hydroxylation is 2. The van der Waals surface area contributed by atoms with Crippen LogP contribution < -0.4 is 0 Å². The summed E-state index contributed by atoms with van der Waals surface area (Å²) in [4.78, 5) is 0. The SMILES string of the molecule is C=CCn1c(CCc2ccc(I)cc2)nnc1SCc1ccc(Br)cc1. The first-order valence-corrected chi connectivity index (χ1v) is 11.2. The average Bonchev–Trinajstić information content (AvgIpc) is 3.03. The van der Waals surface area contributed by atoms with E-state index in [4.69, 9.17) is 0 Å². The van der Waals surface area contributed by atoms with Gasteiger partial charge >= 0.3 is 0 Å². The minimum absolute atomic E-state index is 0.734. The van der Waals surface area contributed by atoms with Crippen molar-refractivity contribution in [2.24, 2.45) is 0 Å². The van der Waals surface area contributed by atoms with Gasteiger partial charge < -0.3 is 4.57 Å². The molecule has 0 saturated carbocycles. The molecule has 0 fully saturated rings. The maximum Gasteiger partial charge on any atom is 0.191 e. The monoisotopic (exact) mass is 539 g/mol. The molecule has 3 nitrogen and oxygen atoms in total. The van der Waals surface area contributed by atoms with Gasteiger partial charge in [-0.15, -0.1) is 16.8 Å². The zero-order valence-electron chi connectivity index (χ0n) is 14.2. The summed E-state index contributed by atoms with van der Waals surface area (Å²) in [5, 5.41) is 9.79. The topological polar surface area (TPSA) is 30.7 Å². The lowest BCUT2D eigenvalue weighted by molar-refractivity contribution is 0.673. The van der Waals surface area contributed by atoms with Gasteiger partial charge in [-0.25, -0.2) is 0 Å². The minimum Gasteiger partial charge on any atom is -0.302 e. The molecule has 1 heterocycles. The molecule has 0 N–H and O–H groups in total. The molecule has 0 aliphatic carbocycles. The van der Waals surface area contributed by atoms with Crippen molar-refractivity contribution in [2.45, 2.75) is 30.3 Å². The van der Waals surface area contributed by atoms with Crippen LogP contribution in [0.5, 0.6) is 0 Å². The highest BCUT2D eigenvalue weighted by atomic mass is 127. The van der Waals surface area contributed by atoms with Crippen molar-refractivity contribution >= 4 is 50.3 Å². The Kier molecular flexibility index (Phi) is 7.33.